The maximum Gasteiger partial charge on any atom is 0.0175 e. The molecule has 0 aliphatic heterocycles. The van der Waals surface area contributed by atoms with Gasteiger partial charge in [0.2, 0.25) is 0 Å². The van der Waals surface area contributed by atoms with Gasteiger partial charge in [-0.25, -0.2) is 0 Å². The van der Waals surface area contributed by atoms with Crippen LogP contribution >= 0.6 is 15.9 Å². The standard InChI is InChI=1S/C14H19Br/c1-11(12-5-3-2-4-6-12)13-7-9-14(15)10-8-13/h7-12H,2-6H2,1H3. The molecule has 15 heavy (non-hydrogen) atoms. The normalized spacial score (nSPS) is 20.1. The minimum atomic E-state index is 0.735. The van der Waals surface area contributed by atoms with Crippen molar-refractivity contribution < 1.29 is 0 Å². The lowest BCUT2D eigenvalue weighted by molar-refractivity contribution is 0.316. The van der Waals surface area contributed by atoms with Gasteiger partial charge in [-0.05, 0) is 42.4 Å². The van der Waals surface area contributed by atoms with E-state index in [-0.39, 0.29) is 0 Å². The molecule has 1 unspecified atom stereocenters. The number of benzene rings is 1. The van der Waals surface area contributed by atoms with E-state index in [0.717, 1.165) is 11.8 Å². The number of halogens is 1. The lowest BCUT2D eigenvalue weighted by atomic mass is 9.78. The van der Waals surface area contributed by atoms with E-state index in [9.17, 15) is 0 Å². The molecule has 0 nitrogen and oxygen atoms in total. The molecule has 1 aliphatic carbocycles. The molecule has 1 aromatic carbocycles. The molecule has 0 heterocycles. The largest absolute Gasteiger partial charge is 0.0581 e. The molecule has 2 rings (SSSR count). The van der Waals surface area contributed by atoms with E-state index >= 15 is 0 Å². The Morgan fingerprint density at radius 2 is 1.67 bits per heavy atom. The summed E-state index contributed by atoms with van der Waals surface area (Å²) in [5, 5.41) is 0. The molecule has 1 atom stereocenters. The van der Waals surface area contributed by atoms with Crippen molar-refractivity contribution in [1.29, 1.82) is 0 Å². The smallest absolute Gasteiger partial charge is 0.0175 e. The lowest BCUT2D eigenvalue weighted by Gasteiger charge is -2.28. The summed E-state index contributed by atoms with van der Waals surface area (Å²) < 4.78 is 1.18. The average Bonchev–Trinajstić information content (AvgIpc) is 2.30. The van der Waals surface area contributed by atoms with Gasteiger partial charge in [-0.1, -0.05) is 54.2 Å². The Labute approximate surface area is 101 Å². The molecule has 1 saturated carbocycles. The predicted molar refractivity (Wildman–Crippen MR) is 69.1 cm³/mol. The van der Waals surface area contributed by atoms with Crippen molar-refractivity contribution in [3.8, 4) is 0 Å². The highest BCUT2D eigenvalue weighted by atomic mass is 79.9. The molecular weight excluding hydrogens is 248 g/mol. The molecule has 1 fully saturated rings. The summed E-state index contributed by atoms with van der Waals surface area (Å²) in [4.78, 5) is 0. The lowest BCUT2D eigenvalue weighted by Crippen LogP contribution is -2.13. The second kappa shape index (κ2) is 5.16. The Kier molecular flexibility index (Phi) is 3.85. The summed E-state index contributed by atoms with van der Waals surface area (Å²) in [5.74, 6) is 1.65. The third kappa shape index (κ3) is 2.84. The van der Waals surface area contributed by atoms with Crippen LogP contribution in [0.1, 0.15) is 50.5 Å². The fraction of sp³-hybridized carbons (Fsp3) is 0.571. The minimum Gasteiger partial charge on any atom is -0.0581 e. The summed E-state index contributed by atoms with van der Waals surface area (Å²) in [6.45, 7) is 2.39. The van der Waals surface area contributed by atoms with Crippen LogP contribution in [0.15, 0.2) is 28.7 Å². The van der Waals surface area contributed by atoms with Crippen LogP contribution in [0.5, 0.6) is 0 Å². The third-order valence-corrected chi connectivity index (χ3v) is 4.28. The van der Waals surface area contributed by atoms with E-state index in [1.54, 1.807) is 0 Å². The zero-order chi connectivity index (χ0) is 10.7. The SMILES string of the molecule is CC(c1ccc(Br)cc1)C1CCCCC1. The average molecular weight is 267 g/mol. The van der Waals surface area contributed by atoms with Gasteiger partial charge >= 0.3 is 0 Å². The van der Waals surface area contributed by atoms with Crippen LogP contribution in [0.2, 0.25) is 0 Å². The molecule has 0 N–H and O–H groups in total. The van der Waals surface area contributed by atoms with Gasteiger partial charge in [0, 0.05) is 4.47 Å². The van der Waals surface area contributed by atoms with Crippen molar-refractivity contribution in [2.24, 2.45) is 5.92 Å². The van der Waals surface area contributed by atoms with Crippen molar-refractivity contribution in [2.45, 2.75) is 44.9 Å². The van der Waals surface area contributed by atoms with Crippen molar-refractivity contribution in [3.63, 3.8) is 0 Å². The van der Waals surface area contributed by atoms with Gasteiger partial charge in [0.25, 0.3) is 0 Å². The van der Waals surface area contributed by atoms with Gasteiger partial charge in [-0.2, -0.15) is 0 Å². The van der Waals surface area contributed by atoms with Crippen LogP contribution in [0.3, 0.4) is 0 Å². The van der Waals surface area contributed by atoms with E-state index in [4.69, 9.17) is 0 Å². The van der Waals surface area contributed by atoms with Gasteiger partial charge in [0.05, 0.1) is 0 Å². The number of rotatable bonds is 2. The van der Waals surface area contributed by atoms with E-state index in [2.05, 4.69) is 47.1 Å². The molecule has 0 aromatic heterocycles. The van der Waals surface area contributed by atoms with Crippen LogP contribution in [0, 0.1) is 5.92 Å². The predicted octanol–water partition coefficient (Wildman–Crippen LogP) is 5.13. The molecule has 1 aromatic rings. The minimum absolute atomic E-state index is 0.735. The van der Waals surface area contributed by atoms with Crippen LogP contribution in [0.4, 0.5) is 0 Å². The first kappa shape index (κ1) is 11.2. The zero-order valence-electron chi connectivity index (χ0n) is 9.38. The Hall–Kier alpha value is -0.300. The van der Waals surface area contributed by atoms with Crippen molar-refractivity contribution in [1.82, 2.24) is 0 Å². The Bertz CT molecular complexity index is 296. The number of hydrogen-bond acceptors (Lipinski definition) is 0. The maximum atomic E-state index is 3.49. The first-order valence-corrected chi connectivity index (χ1v) is 6.82. The van der Waals surface area contributed by atoms with Crippen LogP contribution in [0.25, 0.3) is 0 Å². The fourth-order valence-corrected chi connectivity index (χ4v) is 2.94. The quantitative estimate of drug-likeness (QED) is 0.696. The summed E-state index contributed by atoms with van der Waals surface area (Å²) in [7, 11) is 0. The molecule has 1 aliphatic rings. The van der Waals surface area contributed by atoms with E-state index < -0.39 is 0 Å². The summed E-state index contributed by atoms with van der Waals surface area (Å²) in [5.41, 5.74) is 1.50. The van der Waals surface area contributed by atoms with E-state index in [0.29, 0.717) is 0 Å². The van der Waals surface area contributed by atoms with Crippen LogP contribution in [-0.2, 0) is 0 Å². The molecule has 0 bridgehead atoms. The summed E-state index contributed by atoms with van der Waals surface area (Å²) >= 11 is 3.49. The topological polar surface area (TPSA) is 0 Å². The van der Waals surface area contributed by atoms with Crippen LogP contribution < -0.4 is 0 Å². The van der Waals surface area contributed by atoms with Crippen molar-refractivity contribution >= 4 is 15.9 Å². The van der Waals surface area contributed by atoms with Gasteiger partial charge in [0.1, 0.15) is 0 Å². The fourth-order valence-electron chi connectivity index (χ4n) is 2.67. The molecular formula is C14H19Br. The summed E-state index contributed by atoms with van der Waals surface area (Å²) in [6, 6.07) is 8.86. The third-order valence-electron chi connectivity index (χ3n) is 3.75. The first-order valence-electron chi connectivity index (χ1n) is 6.03. The number of hydrogen-bond donors (Lipinski definition) is 0. The molecule has 1 heteroatoms. The van der Waals surface area contributed by atoms with Gasteiger partial charge in [0.15, 0.2) is 0 Å². The Morgan fingerprint density at radius 3 is 2.27 bits per heavy atom. The highest BCUT2D eigenvalue weighted by molar-refractivity contribution is 9.10. The molecule has 0 saturated heterocycles. The molecule has 82 valence electrons. The first-order chi connectivity index (χ1) is 7.27. The van der Waals surface area contributed by atoms with E-state index in [1.807, 2.05) is 0 Å². The second-order valence-electron chi connectivity index (χ2n) is 4.74. The molecule has 0 amide bonds. The van der Waals surface area contributed by atoms with Crippen LogP contribution in [-0.4, -0.2) is 0 Å². The maximum absolute atomic E-state index is 3.49. The van der Waals surface area contributed by atoms with Crippen molar-refractivity contribution in [2.75, 3.05) is 0 Å². The Morgan fingerprint density at radius 1 is 1.07 bits per heavy atom. The van der Waals surface area contributed by atoms with E-state index in [1.165, 1.54) is 42.1 Å². The summed E-state index contributed by atoms with van der Waals surface area (Å²) in [6.07, 6.45) is 7.18. The molecule has 0 spiro atoms. The van der Waals surface area contributed by atoms with Gasteiger partial charge in [-0.3, -0.25) is 0 Å². The Balaban J connectivity index is 2.05. The highest BCUT2D eigenvalue weighted by Crippen LogP contribution is 2.35. The monoisotopic (exact) mass is 266 g/mol. The second-order valence-corrected chi connectivity index (χ2v) is 5.65. The zero-order valence-corrected chi connectivity index (χ0v) is 11.0. The van der Waals surface area contributed by atoms with Gasteiger partial charge < -0.3 is 0 Å². The molecule has 0 radical (unpaired) electrons. The van der Waals surface area contributed by atoms with Gasteiger partial charge in [-0.15, -0.1) is 0 Å². The highest BCUT2D eigenvalue weighted by Gasteiger charge is 2.20. The van der Waals surface area contributed by atoms with Crippen molar-refractivity contribution in [3.05, 3.63) is 34.3 Å².